The molecule has 0 bridgehead atoms. The zero-order valence-electron chi connectivity index (χ0n) is 15.4. The Hall–Kier alpha value is -2.28. The van der Waals surface area contributed by atoms with Crippen LogP contribution < -0.4 is 20.3 Å². The van der Waals surface area contributed by atoms with Gasteiger partial charge in [-0.1, -0.05) is 6.07 Å². The predicted molar refractivity (Wildman–Crippen MR) is 108 cm³/mol. The molecule has 7 heteroatoms. The van der Waals surface area contributed by atoms with Gasteiger partial charge >= 0.3 is 0 Å². The number of pyridine rings is 1. The molecular weight excluding hydrogens is 346 g/mol. The normalized spacial score (nSPS) is 15.8. The zero-order chi connectivity index (χ0) is 18.2. The van der Waals surface area contributed by atoms with Crippen LogP contribution in [0, 0.1) is 0 Å². The van der Waals surface area contributed by atoms with E-state index in [0.717, 1.165) is 44.1 Å². The van der Waals surface area contributed by atoms with Crippen LogP contribution in [0.2, 0.25) is 0 Å². The van der Waals surface area contributed by atoms with E-state index in [1.807, 2.05) is 29.5 Å². The van der Waals surface area contributed by atoms with Crippen LogP contribution in [-0.2, 0) is 6.54 Å². The summed E-state index contributed by atoms with van der Waals surface area (Å²) < 4.78 is 5.18. The Bertz CT molecular complexity index is 696. The van der Waals surface area contributed by atoms with Gasteiger partial charge in [-0.2, -0.15) is 0 Å². The maximum absolute atomic E-state index is 5.18. The van der Waals surface area contributed by atoms with Gasteiger partial charge in [-0.05, 0) is 43.3 Å². The second kappa shape index (κ2) is 9.43. The van der Waals surface area contributed by atoms with Gasteiger partial charge in [0.1, 0.15) is 0 Å². The molecule has 3 rings (SSSR count). The first-order valence-corrected chi connectivity index (χ1v) is 9.99. The van der Waals surface area contributed by atoms with Crippen molar-refractivity contribution in [2.45, 2.75) is 32.4 Å². The van der Waals surface area contributed by atoms with E-state index in [2.05, 4.69) is 49.9 Å². The van der Waals surface area contributed by atoms with Crippen LogP contribution in [0.1, 0.15) is 25.5 Å². The summed E-state index contributed by atoms with van der Waals surface area (Å²) in [6.07, 6.45) is 2.22. The van der Waals surface area contributed by atoms with E-state index in [1.54, 1.807) is 7.11 Å². The van der Waals surface area contributed by atoms with Crippen molar-refractivity contribution in [1.82, 2.24) is 15.6 Å². The molecule has 0 saturated carbocycles. The highest BCUT2D eigenvalue weighted by molar-refractivity contribution is 7.14. The Morgan fingerprint density at radius 1 is 1.31 bits per heavy atom. The smallest absolute Gasteiger partial charge is 0.213 e. The van der Waals surface area contributed by atoms with Crippen molar-refractivity contribution in [3.05, 3.63) is 41.4 Å². The average Bonchev–Trinajstić information content (AvgIpc) is 3.22. The van der Waals surface area contributed by atoms with E-state index in [0.29, 0.717) is 18.5 Å². The van der Waals surface area contributed by atoms with Crippen molar-refractivity contribution in [3.8, 4) is 5.88 Å². The number of aliphatic imine (C=N–C) groups is 1. The molecule has 2 N–H and O–H groups in total. The highest BCUT2D eigenvalue weighted by Crippen LogP contribution is 2.24. The van der Waals surface area contributed by atoms with E-state index >= 15 is 0 Å². The summed E-state index contributed by atoms with van der Waals surface area (Å²) >= 11 is 1.81. The molecule has 1 saturated heterocycles. The van der Waals surface area contributed by atoms with Crippen LogP contribution in [0.15, 0.2) is 40.7 Å². The van der Waals surface area contributed by atoms with E-state index in [9.17, 15) is 0 Å². The molecule has 0 spiro atoms. The summed E-state index contributed by atoms with van der Waals surface area (Å²) in [5.74, 6) is 1.48. The van der Waals surface area contributed by atoms with Crippen LogP contribution in [0.3, 0.4) is 0 Å². The number of hydrogen-bond acceptors (Lipinski definition) is 5. The lowest BCUT2D eigenvalue weighted by Crippen LogP contribution is -2.48. The van der Waals surface area contributed by atoms with Gasteiger partial charge in [-0.3, -0.25) is 0 Å². The molecule has 0 aliphatic carbocycles. The Balaban J connectivity index is 1.54. The van der Waals surface area contributed by atoms with Crippen LogP contribution in [0.25, 0.3) is 0 Å². The Morgan fingerprint density at radius 3 is 2.85 bits per heavy atom. The van der Waals surface area contributed by atoms with E-state index in [-0.39, 0.29) is 0 Å². The molecule has 0 amide bonds. The first-order valence-electron chi connectivity index (χ1n) is 9.11. The largest absolute Gasteiger partial charge is 0.481 e. The number of aromatic nitrogens is 1. The summed E-state index contributed by atoms with van der Waals surface area (Å²) in [6, 6.07) is 10.5. The average molecular weight is 374 g/mol. The number of ether oxygens (including phenoxy) is 1. The number of thiophene rings is 1. The van der Waals surface area contributed by atoms with Gasteiger partial charge in [-0.25, -0.2) is 9.98 Å². The maximum Gasteiger partial charge on any atom is 0.213 e. The van der Waals surface area contributed by atoms with Crippen molar-refractivity contribution in [2.75, 3.05) is 31.6 Å². The lowest BCUT2D eigenvalue weighted by atomic mass is 10.1. The standard InChI is InChI=1S/C19H27N5OS/c1-3-20-19(21-14-16-6-4-7-17(22-16)25-2)23-15-9-11-24(12-10-15)18-8-5-13-26-18/h4-8,13,15H,3,9-12,14H2,1-2H3,(H2,20,21,23). The van der Waals surface area contributed by atoms with Gasteiger partial charge in [0.2, 0.25) is 5.88 Å². The number of methoxy groups -OCH3 is 1. The summed E-state index contributed by atoms with van der Waals surface area (Å²) in [7, 11) is 1.63. The van der Waals surface area contributed by atoms with Gasteiger partial charge in [0, 0.05) is 31.7 Å². The molecule has 1 aliphatic heterocycles. The third-order valence-corrected chi connectivity index (χ3v) is 5.32. The Labute approximate surface area is 159 Å². The first-order chi connectivity index (χ1) is 12.8. The number of anilines is 1. The van der Waals surface area contributed by atoms with Crippen LogP contribution in [0.5, 0.6) is 5.88 Å². The molecule has 140 valence electrons. The van der Waals surface area contributed by atoms with Gasteiger partial charge in [0.15, 0.2) is 5.96 Å². The van der Waals surface area contributed by atoms with Crippen molar-refractivity contribution in [2.24, 2.45) is 4.99 Å². The lowest BCUT2D eigenvalue weighted by molar-refractivity contribution is 0.396. The minimum atomic E-state index is 0.447. The van der Waals surface area contributed by atoms with Gasteiger partial charge < -0.3 is 20.3 Å². The van der Waals surface area contributed by atoms with Gasteiger partial charge in [-0.15, -0.1) is 11.3 Å². The number of rotatable bonds is 6. The fourth-order valence-electron chi connectivity index (χ4n) is 3.03. The number of nitrogens with zero attached hydrogens (tertiary/aromatic N) is 3. The molecule has 6 nitrogen and oxygen atoms in total. The van der Waals surface area contributed by atoms with Gasteiger partial charge in [0.25, 0.3) is 0 Å². The molecule has 1 aliphatic rings. The number of hydrogen-bond donors (Lipinski definition) is 2. The molecule has 0 atom stereocenters. The predicted octanol–water partition coefficient (Wildman–Crippen LogP) is 2.88. The fraction of sp³-hybridized carbons (Fsp3) is 0.474. The Morgan fingerprint density at radius 2 is 2.15 bits per heavy atom. The molecule has 0 unspecified atom stereocenters. The molecule has 0 radical (unpaired) electrons. The molecule has 26 heavy (non-hydrogen) atoms. The van der Waals surface area contributed by atoms with E-state index in [1.165, 1.54) is 5.00 Å². The van der Waals surface area contributed by atoms with E-state index < -0.39 is 0 Å². The van der Waals surface area contributed by atoms with Crippen molar-refractivity contribution in [1.29, 1.82) is 0 Å². The maximum atomic E-state index is 5.18. The highest BCUT2D eigenvalue weighted by atomic mass is 32.1. The number of piperidine rings is 1. The van der Waals surface area contributed by atoms with Gasteiger partial charge in [0.05, 0.1) is 24.3 Å². The Kier molecular flexibility index (Phi) is 6.71. The fourth-order valence-corrected chi connectivity index (χ4v) is 3.81. The molecule has 3 heterocycles. The monoisotopic (exact) mass is 373 g/mol. The van der Waals surface area contributed by atoms with Crippen LogP contribution >= 0.6 is 11.3 Å². The zero-order valence-corrected chi connectivity index (χ0v) is 16.3. The van der Waals surface area contributed by atoms with Crippen molar-refractivity contribution < 1.29 is 4.74 Å². The van der Waals surface area contributed by atoms with Crippen LogP contribution in [-0.4, -0.2) is 43.7 Å². The second-order valence-corrected chi connectivity index (χ2v) is 7.15. The topological polar surface area (TPSA) is 61.8 Å². The van der Waals surface area contributed by atoms with Crippen molar-refractivity contribution in [3.63, 3.8) is 0 Å². The third kappa shape index (κ3) is 5.11. The summed E-state index contributed by atoms with van der Waals surface area (Å²) in [6.45, 7) is 5.61. The lowest BCUT2D eigenvalue weighted by Gasteiger charge is -2.33. The summed E-state index contributed by atoms with van der Waals surface area (Å²) in [5, 5.41) is 10.4. The molecule has 1 fully saturated rings. The highest BCUT2D eigenvalue weighted by Gasteiger charge is 2.20. The third-order valence-electron chi connectivity index (χ3n) is 4.39. The summed E-state index contributed by atoms with van der Waals surface area (Å²) in [5.41, 5.74) is 0.897. The SMILES string of the molecule is CCNC(=NCc1cccc(OC)n1)NC1CCN(c2cccs2)CC1. The molecule has 0 aromatic carbocycles. The minimum Gasteiger partial charge on any atom is -0.481 e. The molecule has 2 aromatic heterocycles. The number of guanidine groups is 1. The molecule has 2 aromatic rings. The molecular formula is C19H27N5OS. The minimum absolute atomic E-state index is 0.447. The quantitative estimate of drug-likeness (QED) is 0.602. The van der Waals surface area contributed by atoms with Crippen molar-refractivity contribution >= 4 is 22.3 Å². The summed E-state index contributed by atoms with van der Waals surface area (Å²) in [4.78, 5) is 11.6. The van der Waals surface area contributed by atoms with Crippen LogP contribution in [0.4, 0.5) is 5.00 Å². The first kappa shape index (κ1) is 18.5. The van der Waals surface area contributed by atoms with E-state index in [4.69, 9.17) is 4.74 Å². The number of nitrogens with one attached hydrogen (secondary N) is 2. The second-order valence-electron chi connectivity index (χ2n) is 6.22.